The van der Waals surface area contributed by atoms with Crippen LogP contribution in [0.1, 0.15) is 62.4 Å². The number of amides is 1. The maximum Gasteiger partial charge on any atom is 0.239 e. The molecule has 2 saturated carbocycles. The SMILES string of the molecule is Cc1cc(C[C@H]2CCC[C@@H]3CN(CC(=O)Nc4ccnn4C4CCCC4)C[C@H]23)ncn1. The quantitative estimate of drug-likeness (QED) is 0.769. The first-order valence-corrected chi connectivity index (χ1v) is 12.0. The average Bonchev–Trinajstić information content (AvgIpc) is 3.48. The normalized spacial score (nSPS) is 26.8. The van der Waals surface area contributed by atoms with Crippen LogP contribution in [0.4, 0.5) is 5.82 Å². The number of rotatable bonds is 6. The summed E-state index contributed by atoms with van der Waals surface area (Å²) in [5.74, 6) is 2.97. The number of anilines is 1. The van der Waals surface area contributed by atoms with Crippen molar-refractivity contribution in [1.29, 1.82) is 0 Å². The highest BCUT2D eigenvalue weighted by atomic mass is 16.2. The molecule has 1 saturated heterocycles. The molecule has 0 spiro atoms. The van der Waals surface area contributed by atoms with E-state index in [4.69, 9.17) is 0 Å². The van der Waals surface area contributed by atoms with Crippen LogP contribution in [0.3, 0.4) is 0 Å². The van der Waals surface area contributed by atoms with E-state index in [9.17, 15) is 4.79 Å². The second-order valence-electron chi connectivity index (χ2n) is 9.81. The lowest BCUT2D eigenvalue weighted by atomic mass is 9.72. The number of carbonyl (C=O) groups excluding carboxylic acids is 1. The van der Waals surface area contributed by atoms with Crippen LogP contribution in [0.15, 0.2) is 24.7 Å². The van der Waals surface area contributed by atoms with Gasteiger partial charge in [-0.1, -0.05) is 19.3 Å². The number of likely N-dealkylation sites (tertiary alicyclic amines) is 1. The van der Waals surface area contributed by atoms with E-state index in [1.165, 1.54) is 32.1 Å². The smallest absolute Gasteiger partial charge is 0.239 e. The number of hydrogen-bond donors (Lipinski definition) is 1. The third-order valence-corrected chi connectivity index (χ3v) is 7.63. The van der Waals surface area contributed by atoms with Gasteiger partial charge in [0.2, 0.25) is 5.91 Å². The van der Waals surface area contributed by atoms with Gasteiger partial charge >= 0.3 is 0 Å². The van der Waals surface area contributed by atoms with Crippen molar-refractivity contribution in [2.24, 2.45) is 17.8 Å². The van der Waals surface area contributed by atoms with Gasteiger partial charge in [-0.15, -0.1) is 0 Å². The number of carbonyl (C=O) groups is 1. The highest BCUT2D eigenvalue weighted by molar-refractivity contribution is 5.91. The molecule has 5 rings (SSSR count). The third-order valence-electron chi connectivity index (χ3n) is 7.63. The van der Waals surface area contributed by atoms with Crippen molar-refractivity contribution in [1.82, 2.24) is 24.6 Å². The topological polar surface area (TPSA) is 75.9 Å². The number of nitrogens with zero attached hydrogens (tertiary/aromatic N) is 5. The Bertz CT molecular complexity index is 905. The van der Waals surface area contributed by atoms with Crippen LogP contribution in [-0.2, 0) is 11.2 Å². The molecule has 0 bridgehead atoms. The van der Waals surface area contributed by atoms with E-state index >= 15 is 0 Å². The Morgan fingerprint density at radius 1 is 1.13 bits per heavy atom. The molecule has 0 radical (unpaired) electrons. The van der Waals surface area contributed by atoms with Crippen molar-refractivity contribution in [3.8, 4) is 0 Å². The summed E-state index contributed by atoms with van der Waals surface area (Å²) in [7, 11) is 0. The van der Waals surface area contributed by atoms with Crippen LogP contribution in [0.25, 0.3) is 0 Å². The minimum atomic E-state index is 0.0846. The Labute approximate surface area is 184 Å². The van der Waals surface area contributed by atoms with E-state index in [0.29, 0.717) is 30.3 Å². The molecule has 0 unspecified atom stereocenters. The molecule has 2 aliphatic carbocycles. The lowest BCUT2D eigenvalue weighted by molar-refractivity contribution is -0.117. The zero-order valence-corrected chi connectivity index (χ0v) is 18.5. The summed E-state index contributed by atoms with van der Waals surface area (Å²) < 4.78 is 2.02. The lowest BCUT2D eigenvalue weighted by Crippen LogP contribution is -2.33. The van der Waals surface area contributed by atoms with Crippen molar-refractivity contribution in [3.63, 3.8) is 0 Å². The fraction of sp³-hybridized carbons (Fsp3) is 0.667. The Morgan fingerprint density at radius 3 is 2.84 bits per heavy atom. The number of aryl methyl sites for hydroxylation is 1. The summed E-state index contributed by atoms with van der Waals surface area (Å²) in [4.78, 5) is 23.9. The maximum absolute atomic E-state index is 12.8. The number of aromatic nitrogens is 4. The predicted octanol–water partition coefficient (Wildman–Crippen LogP) is 3.63. The molecule has 3 heterocycles. The minimum Gasteiger partial charge on any atom is -0.310 e. The van der Waals surface area contributed by atoms with Crippen LogP contribution < -0.4 is 5.32 Å². The Hall–Kier alpha value is -2.28. The molecular formula is C24H34N6O. The van der Waals surface area contributed by atoms with Crippen molar-refractivity contribution < 1.29 is 4.79 Å². The van der Waals surface area contributed by atoms with Gasteiger partial charge in [-0.3, -0.25) is 9.69 Å². The monoisotopic (exact) mass is 422 g/mol. The summed E-state index contributed by atoms with van der Waals surface area (Å²) in [6.45, 7) is 4.57. The van der Waals surface area contributed by atoms with Crippen molar-refractivity contribution in [2.75, 3.05) is 25.0 Å². The number of nitrogens with one attached hydrogen (secondary N) is 1. The van der Waals surface area contributed by atoms with E-state index < -0.39 is 0 Å². The van der Waals surface area contributed by atoms with Gasteiger partial charge in [0.25, 0.3) is 0 Å². The summed E-state index contributed by atoms with van der Waals surface area (Å²) in [6, 6.07) is 4.49. The van der Waals surface area contributed by atoms with Gasteiger partial charge in [0, 0.05) is 30.5 Å². The molecule has 3 atom stereocenters. The fourth-order valence-corrected chi connectivity index (χ4v) is 6.20. The van der Waals surface area contributed by atoms with Crippen molar-refractivity contribution in [2.45, 2.75) is 64.3 Å². The van der Waals surface area contributed by atoms with Gasteiger partial charge in [0.05, 0.1) is 18.8 Å². The zero-order chi connectivity index (χ0) is 21.2. The second-order valence-corrected chi connectivity index (χ2v) is 9.81. The highest BCUT2D eigenvalue weighted by Gasteiger charge is 2.40. The standard InChI is InChI=1S/C24H34N6O/c1-17-11-20(26-16-25-17)12-18-5-4-6-19-13-29(14-22(18)19)15-24(31)28-23-9-10-27-30(23)21-7-2-3-8-21/h9-11,16,18-19,21-22H,2-8,12-15H2,1H3,(H,28,31)/t18-,19-,22-/m1/s1. The maximum atomic E-state index is 12.8. The molecule has 2 aromatic rings. The summed E-state index contributed by atoms with van der Waals surface area (Å²) in [5, 5.41) is 7.61. The summed E-state index contributed by atoms with van der Waals surface area (Å²) in [6.07, 6.45) is 13.2. The van der Waals surface area contributed by atoms with Crippen LogP contribution in [-0.4, -0.2) is 50.2 Å². The van der Waals surface area contributed by atoms with E-state index in [1.54, 1.807) is 12.5 Å². The fourth-order valence-electron chi connectivity index (χ4n) is 6.20. The van der Waals surface area contributed by atoms with Crippen molar-refractivity contribution >= 4 is 11.7 Å². The largest absolute Gasteiger partial charge is 0.310 e. The first kappa shape index (κ1) is 20.6. The van der Waals surface area contributed by atoms with Gasteiger partial charge in [-0.25, -0.2) is 14.6 Å². The van der Waals surface area contributed by atoms with E-state index in [0.717, 1.165) is 49.6 Å². The van der Waals surface area contributed by atoms with Crippen LogP contribution in [0, 0.1) is 24.7 Å². The van der Waals surface area contributed by atoms with E-state index in [-0.39, 0.29) is 5.91 Å². The summed E-state index contributed by atoms with van der Waals surface area (Å²) >= 11 is 0. The van der Waals surface area contributed by atoms with Gasteiger partial charge in [-0.2, -0.15) is 5.10 Å². The van der Waals surface area contributed by atoms with Gasteiger partial charge < -0.3 is 5.32 Å². The number of hydrogen-bond acceptors (Lipinski definition) is 5. The zero-order valence-electron chi connectivity index (χ0n) is 18.5. The minimum absolute atomic E-state index is 0.0846. The summed E-state index contributed by atoms with van der Waals surface area (Å²) in [5.41, 5.74) is 2.20. The Balaban J connectivity index is 1.18. The molecule has 1 N–H and O–H groups in total. The molecular weight excluding hydrogens is 388 g/mol. The van der Waals surface area contributed by atoms with Crippen LogP contribution in [0.2, 0.25) is 0 Å². The highest BCUT2D eigenvalue weighted by Crippen LogP contribution is 2.41. The molecule has 7 nitrogen and oxygen atoms in total. The van der Waals surface area contributed by atoms with Gasteiger partial charge in [-0.05, 0) is 62.8 Å². The predicted molar refractivity (Wildman–Crippen MR) is 120 cm³/mol. The molecule has 31 heavy (non-hydrogen) atoms. The molecule has 2 aromatic heterocycles. The van der Waals surface area contributed by atoms with Crippen LogP contribution >= 0.6 is 0 Å². The van der Waals surface area contributed by atoms with Crippen LogP contribution in [0.5, 0.6) is 0 Å². The molecule has 1 aliphatic heterocycles. The molecule has 3 fully saturated rings. The molecule has 3 aliphatic rings. The Morgan fingerprint density at radius 2 is 2.00 bits per heavy atom. The molecule has 0 aromatic carbocycles. The molecule has 166 valence electrons. The first-order valence-electron chi connectivity index (χ1n) is 12.0. The van der Waals surface area contributed by atoms with E-state index in [2.05, 4.69) is 31.3 Å². The average molecular weight is 423 g/mol. The third kappa shape index (κ3) is 4.66. The molecule has 7 heteroatoms. The lowest BCUT2D eigenvalue weighted by Gasteiger charge is -2.33. The van der Waals surface area contributed by atoms with Gasteiger partial charge in [0.15, 0.2) is 0 Å². The van der Waals surface area contributed by atoms with Gasteiger partial charge in [0.1, 0.15) is 12.1 Å². The first-order chi connectivity index (χ1) is 15.2. The molecule has 1 amide bonds. The van der Waals surface area contributed by atoms with E-state index in [1.807, 2.05) is 17.7 Å². The number of fused-ring (bicyclic) bond motifs is 1. The van der Waals surface area contributed by atoms with Crippen molar-refractivity contribution in [3.05, 3.63) is 36.0 Å². The Kier molecular flexibility index (Phi) is 6.03. The second kappa shape index (κ2) is 9.07.